The molecule has 2 heterocycles. The van der Waals surface area contributed by atoms with E-state index < -0.39 is 0 Å². The SMILES string of the molecule is CCNC(=NCC(C)c1c(C)noc1C)N(C)Cc1csc(C)n1. The quantitative estimate of drug-likeness (QED) is 0.640. The molecule has 0 saturated heterocycles. The number of guanidine groups is 1. The van der Waals surface area contributed by atoms with Crippen molar-refractivity contribution in [2.45, 2.75) is 47.1 Å². The van der Waals surface area contributed by atoms with Crippen LogP contribution in [0.3, 0.4) is 0 Å². The molecule has 2 aromatic heterocycles. The molecule has 0 saturated carbocycles. The van der Waals surface area contributed by atoms with Crippen LogP contribution < -0.4 is 5.32 Å². The van der Waals surface area contributed by atoms with Crippen molar-refractivity contribution in [2.75, 3.05) is 20.1 Å². The first kappa shape index (κ1) is 18.4. The Kier molecular flexibility index (Phi) is 6.36. The Labute approximate surface area is 148 Å². The zero-order chi connectivity index (χ0) is 17.7. The third kappa shape index (κ3) is 4.56. The number of nitrogens with zero attached hydrogens (tertiary/aromatic N) is 4. The Hall–Kier alpha value is -1.89. The normalized spacial score (nSPS) is 13.2. The van der Waals surface area contributed by atoms with E-state index >= 15 is 0 Å². The van der Waals surface area contributed by atoms with Gasteiger partial charge in [-0.05, 0) is 27.7 Å². The maximum atomic E-state index is 5.27. The molecule has 1 unspecified atom stereocenters. The van der Waals surface area contributed by atoms with Crippen molar-refractivity contribution in [3.05, 3.63) is 33.1 Å². The van der Waals surface area contributed by atoms with Crippen LogP contribution in [0.2, 0.25) is 0 Å². The molecule has 0 aliphatic rings. The van der Waals surface area contributed by atoms with E-state index in [0.29, 0.717) is 6.54 Å². The second-order valence-electron chi connectivity index (χ2n) is 6.05. The largest absolute Gasteiger partial charge is 0.361 e. The molecule has 0 bridgehead atoms. The van der Waals surface area contributed by atoms with Crippen molar-refractivity contribution in [1.82, 2.24) is 20.4 Å². The van der Waals surface area contributed by atoms with Crippen LogP contribution in [0.25, 0.3) is 0 Å². The molecule has 1 atom stereocenters. The summed E-state index contributed by atoms with van der Waals surface area (Å²) >= 11 is 1.68. The molecule has 24 heavy (non-hydrogen) atoms. The molecule has 6 nitrogen and oxygen atoms in total. The molecule has 0 spiro atoms. The molecule has 0 fully saturated rings. The lowest BCUT2D eigenvalue weighted by atomic mass is 10.00. The van der Waals surface area contributed by atoms with Crippen LogP contribution in [0.1, 0.15) is 47.5 Å². The van der Waals surface area contributed by atoms with Gasteiger partial charge in [-0.15, -0.1) is 11.3 Å². The third-order valence-corrected chi connectivity index (χ3v) is 4.68. The van der Waals surface area contributed by atoms with Gasteiger partial charge in [-0.25, -0.2) is 4.98 Å². The highest BCUT2D eigenvalue weighted by atomic mass is 32.1. The zero-order valence-corrected chi connectivity index (χ0v) is 16.2. The second kappa shape index (κ2) is 8.28. The summed E-state index contributed by atoms with van der Waals surface area (Å²) in [6.07, 6.45) is 0. The second-order valence-corrected chi connectivity index (χ2v) is 7.11. The van der Waals surface area contributed by atoms with Gasteiger partial charge in [0.2, 0.25) is 0 Å². The van der Waals surface area contributed by atoms with E-state index in [4.69, 9.17) is 9.52 Å². The van der Waals surface area contributed by atoms with Gasteiger partial charge in [0.05, 0.1) is 22.9 Å². The fourth-order valence-corrected chi connectivity index (χ4v) is 3.38. The van der Waals surface area contributed by atoms with Crippen molar-refractivity contribution in [3.8, 4) is 0 Å². The van der Waals surface area contributed by atoms with Gasteiger partial charge in [-0.2, -0.15) is 0 Å². The summed E-state index contributed by atoms with van der Waals surface area (Å²) in [6.45, 7) is 12.5. The molecule has 0 aliphatic heterocycles. The first-order valence-corrected chi connectivity index (χ1v) is 9.13. The van der Waals surface area contributed by atoms with Gasteiger partial charge < -0.3 is 14.7 Å². The zero-order valence-electron chi connectivity index (χ0n) is 15.4. The molecule has 0 amide bonds. The van der Waals surface area contributed by atoms with E-state index in [-0.39, 0.29) is 5.92 Å². The number of rotatable bonds is 6. The third-order valence-electron chi connectivity index (χ3n) is 3.86. The molecule has 2 aromatic rings. The molecular weight excluding hydrogens is 322 g/mol. The summed E-state index contributed by atoms with van der Waals surface area (Å²) in [5, 5.41) is 10.6. The minimum atomic E-state index is 0.264. The Morgan fingerprint density at radius 1 is 1.42 bits per heavy atom. The van der Waals surface area contributed by atoms with E-state index in [1.807, 2.05) is 27.8 Å². The van der Waals surface area contributed by atoms with Crippen LogP contribution in [0.15, 0.2) is 14.9 Å². The standard InChI is InChI=1S/C17H27N5OS/c1-7-18-17(22(6)9-15-10-24-14(5)20-15)19-8-11(2)16-12(3)21-23-13(16)4/h10-11H,7-9H2,1-6H3,(H,18,19). The summed E-state index contributed by atoms with van der Waals surface area (Å²) in [7, 11) is 2.04. The highest BCUT2D eigenvalue weighted by Crippen LogP contribution is 2.23. The Morgan fingerprint density at radius 2 is 2.17 bits per heavy atom. The van der Waals surface area contributed by atoms with Gasteiger partial charge in [-0.3, -0.25) is 4.99 Å². The number of hydrogen-bond acceptors (Lipinski definition) is 5. The minimum Gasteiger partial charge on any atom is -0.361 e. The van der Waals surface area contributed by atoms with Crippen molar-refractivity contribution in [3.63, 3.8) is 0 Å². The monoisotopic (exact) mass is 349 g/mol. The summed E-state index contributed by atoms with van der Waals surface area (Å²) in [4.78, 5) is 11.4. The summed E-state index contributed by atoms with van der Waals surface area (Å²) < 4.78 is 5.27. The van der Waals surface area contributed by atoms with Gasteiger partial charge in [-0.1, -0.05) is 12.1 Å². The smallest absolute Gasteiger partial charge is 0.194 e. The molecule has 0 aromatic carbocycles. The van der Waals surface area contributed by atoms with Crippen molar-refractivity contribution in [1.29, 1.82) is 0 Å². The Morgan fingerprint density at radius 3 is 2.71 bits per heavy atom. The predicted molar refractivity (Wildman–Crippen MR) is 98.7 cm³/mol. The molecule has 1 N–H and O–H groups in total. The van der Waals surface area contributed by atoms with Gasteiger partial charge in [0, 0.05) is 37.0 Å². The van der Waals surface area contributed by atoms with E-state index in [1.54, 1.807) is 11.3 Å². The molecule has 132 valence electrons. The van der Waals surface area contributed by atoms with E-state index in [0.717, 1.165) is 46.8 Å². The van der Waals surface area contributed by atoms with Gasteiger partial charge in [0.25, 0.3) is 0 Å². The van der Waals surface area contributed by atoms with E-state index in [2.05, 4.69) is 39.6 Å². The average Bonchev–Trinajstić information content (AvgIpc) is 3.08. The number of thiazole rings is 1. The maximum absolute atomic E-state index is 5.27. The van der Waals surface area contributed by atoms with Crippen molar-refractivity contribution in [2.24, 2.45) is 4.99 Å². The molecule has 0 radical (unpaired) electrons. The van der Waals surface area contributed by atoms with E-state index in [9.17, 15) is 0 Å². The maximum Gasteiger partial charge on any atom is 0.194 e. The Balaban J connectivity index is 2.06. The van der Waals surface area contributed by atoms with Gasteiger partial charge in [0.1, 0.15) is 5.76 Å². The van der Waals surface area contributed by atoms with Crippen LogP contribution >= 0.6 is 11.3 Å². The van der Waals surface area contributed by atoms with Gasteiger partial charge >= 0.3 is 0 Å². The number of hydrogen-bond donors (Lipinski definition) is 1. The first-order valence-electron chi connectivity index (χ1n) is 8.25. The number of aryl methyl sites for hydroxylation is 3. The van der Waals surface area contributed by atoms with Crippen molar-refractivity contribution < 1.29 is 4.52 Å². The number of aromatic nitrogens is 2. The highest BCUT2D eigenvalue weighted by Gasteiger charge is 2.17. The fraction of sp³-hybridized carbons (Fsp3) is 0.588. The van der Waals surface area contributed by atoms with Crippen LogP contribution in [0.4, 0.5) is 0 Å². The predicted octanol–water partition coefficient (Wildman–Crippen LogP) is 3.26. The van der Waals surface area contributed by atoms with Crippen LogP contribution in [-0.2, 0) is 6.54 Å². The molecule has 2 rings (SSSR count). The number of nitrogens with one attached hydrogen (secondary N) is 1. The molecule has 7 heteroatoms. The highest BCUT2D eigenvalue weighted by molar-refractivity contribution is 7.09. The fourth-order valence-electron chi connectivity index (χ4n) is 2.78. The van der Waals surface area contributed by atoms with Crippen LogP contribution in [0.5, 0.6) is 0 Å². The summed E-state index contributed by atoms with van der Waals surface area (Å²) in [5.74, 6) is 2.04. The lowest BCUT2D eigenvalue weighted by Crippen LogP contribution is -2.38. The van der Waals surface area contributed by atoms with Crippen LogP contribution in [-0.4, -0.2) is 41.1 Å². The minimum absolute atomic E-state index is 0.264. The topological polar surface area (TPSA) is 66.6 Å². The molecular formula is C17H27N5OS. The summed E-state index contributed by atoms with van der Waals surface area (Å²) in [6, 6.07) is 0. The lowest BCUT2D eigenvalue weighted by Gasteiger charge is -2.22. The van der Waals surface area contributed by atoms with E-state index in [1.165, 1.54) is 0 Å². The van der Waals surface area contributed by atoms with Crippen LogP contribution in [0, 0.1) is 20.8 Å². The number of aliphatic imine (C=N–C) groups is 1. The first-order chi connectivity index (χ1) is 11.4. The lowest BCUT2D eigenvalue weighted by molar-refractivity contribution is 0.391. The summed E-state index contributed by atoms with van der Waals surface area (Å²) in [5.41, 5.74) is 3.18. The molecule has 0 aliphatic carbocycles. The van der Waals surface area contributed by atoms with Gasteiger partial charge in [0.15, 0.2) is 5.96 Å². The Bertz CT molecular complexity index is 671. The van der Waals surface area contributed by atoms with Crippen molar-refractivity contribution >= 4 is 17.3 Å². The average molecular weight is 350 g/mol.